The molecule has 0 atom stereocenters. The van der Waals surface area contributed by atoms with Crippen molar-refractivity contribution in [3.8, 4) is 28.4 Å². The summed E-state index contributed by atoms with van der Waals surface area (Å²) in [5.41, 5.74) is 0.315. The summed E-state index contributed by atoms with van der Waals surface area (Å²) in [6.45, 7) is 1.85. The van der Waals surface area contributed by atoms with Crippen LogP contribution in [0.25, 0.3) is 43.4 Å². The molecule has 222 valence electrons. The zero-order valence-corrected chi connectivity index (χ0v) is 25.3. The molecule has 6 aromatic carbocycles. The van der Waals surface area contributed by atoms with Crippen LogP contribution >= 0.6 is 24.0 Å². The van der Waals surface area contributed by atoms with E-state index in [1.165, 1.54) is 24.3 Å². The maximum absolute atomic E-state index is 11.7. The third-order valence-electron chi connectivity index (χ3n) is 7.10. The fourth-order valence-electron chi connectivity index (χ4n) is 5.08. The SMILES string of the molecule is Cc1ccc2c(-c3c(O)c(C(=O)O)cc4ccccc34)c(O)c(C(=O)O)cc2c1.I.O=C(O)c1cc2ccccc2cc1O. The number of phenols is 3. The first-order valence-corrected chi connectivity index (χ1v) is 12.9. The van der Waals surface area contributed by atoms with E-state index >= 15 is 0 Å². The largest absolute Gasteiger partial charge is 0.507 e. The summed E-state index contributed by atoms with van der Waals surface area (Å²) in [5.74, 6) is -5.04. The molecule has 0 unspecified atom stereocenters. The molecule has 0 radical (unpaired) electrons. The lowest BCUT2D eigenvalue weighted by molar-refractivity contribution is 0.0682. The molecule has 0 aliphatic heterocycles. The Morgan fingerprint density at radius 3 is 1.48 bits per heavy atom. The molecule has 0 fully saturated rings. The quantitative estimate of drug-likeness (QED) is 0.101. The van der Waals surface area contributed by atoms with Crippen molar-refractivity contribution in [2.24, 2.45) is 0 Å². The number of aromatic carboxylic acids is 3. The lowest BCUT2D eigenvalue weighted by atomic mass is 9.88. The number of benzene rings is 6. The van der Waals surface area contributed by atoms with Crippen molar-refractivity contribution in [1.82, 2.24) is 0 Å². The van der Waals surface area contributed by atoms with Gasteiger partial charge >= 0.3 is 17.9 Å². The highest BCUT2D eigenvalue weighted by Crippen LogP contribution is 2.47. The third kappa shape index (κ3) is 5.79. The second kappa shape index (κ2) is 12.5. The molecule has 0 aliphatic carbocycles. The van der Waals surface area contributed by atoms with Gasteiger partial charge in [0.25, 0.3) is 0 Å². The number of aryl methyl sites for hydroxylation is 1. The van der Waals surface area contributed by atoms with Crippen LogP contribution in [0.4, 0.5) is 0 Å². The smallest absolute Gasteiger partial charge is 0.339 e. The van der Waals surface area contributed by atoms with Gasteiger partial charge in [-0.15, -0.1) is 24.0 Å². The fourth-order valence-corrected chi connectivity index (χ4v) is 5.08. The molecule has 6 aromatic rings. The number of carboxylic acids is 3. The topological polar surface area (TPSA) is 173 Å². The van der Waals surface area contributed by atoms with Crippen LogP contribution < -0.4 is 0 Å². The highest BCUT2D eigenvalue weighted by molar-refractivity contribution is 14.0. The summed E-state index contributed by atoms with van der Waals surface area (Å²) < 4.78 is 0. The Labute approximate surface area is 266 Å². The van der Waals surface area contributed by atoms with Gasteiger partial charge < -0.3 is 30.6 Å². The molecule has 0 saturated carbocycles. The predicted octanol–water partition coefficient (Wildman–Crippen LogP) is 7.64. The molecule has 0 bridgehead atoms. The molecule has 10 heteroatoms. The maximum atomic E-state index is 11.7. The summed E-state index contributed by atoms with van der Waals surface area (Å²) in [7, 11) is 0. The Kier molecular flexibility index (Phi) is 8.95. The fraction of sp³-hybridized carbons (Fsp3) is 0.0294. The lowest BCUT2D eigenvalue weighted by Gasteiger charge is -2.17. The first-order chi connectivity index (χ1) is 20.5. The Morgan fingerprint density at radius 1 is 0.500 bits per heavy atom. The number of hydrogen-bond acceptors (Lipinski definition) is 6. The van der Waals surface area contributed by atoms with Crippen LogP contribution in [0.1, 0.15) is 36.6 Å². The van der Waals surface area contributed by atoms with Gasteiger partial charge in [0.05, 0.1) is 0 Å². The van der Waals surface area contributed by atoms with E-state index < -0.39 is 29.4 Å². The van der Waals surface area contributed by atoms with Crippen molar-refractivity contribution >= 4 is 74.2 Å². The molecule has 0 heterocycles. The zero-order chi connectivity index (χ0) is 31.0. The van der Waals surface area contributed by atoms with Gasteiger partial charge in [0, 0.05) is 11.1 Å². The van der Waals surface area contributed by atoms with Gasteiger partial charge in [-0.3, -0.25) is 0 Å². The van der Waals surface area contributed by atoms with Crippen LogP contribution in [0, 0.1) is 6.92 Å². The highest BCUT2D eigenvalue weighted by atomic mass is 127. The normalized spacial score (nSPS) is 10.6. The van der Waals surface area contributed by atoms with E-state index in [0.717, 1.165) is 16.3 Å². The number of fused-ring (bicyclic) bond motifs is 3. The van der Waals surface area contributed by atoms with Crippen molar-refractivity contribution in [2.75, 3.05) is 0 Å². The first-order valence-electron chi connectivity index (χ1n) is 12.9. The molecule has 0 aliphatic rings. The second-order valence-corrected chi connectivity index (χ2v) is 9.87. The molecule has 9 nitrogen and oxygen atoms in total. The van der Waals surface area contributed by atoms with Crippen molar-refractivity contribution < 1.29 is 45.0 Å². The minimum Gasteiger partial charge on any atom is -0.507 e. The number of aromatic hydroxyl groups is 3. The third-order valence-corrected chi connectivity index (χ3v) is 7.10. The van der Waals surface area contributed by atoms with Crippen molar-refractivity contribution in [2.45, 2.75) is 6.92 Å². The average Bonchev–Trinajstić information content (AvgIpc) is 2.97. The van der Waals surface area contributed by atoms with Crippen LogP contribution in [0.15, 0.2) is 91.0 Å². The van der Waals surface area contributed by atoms with Gasteiger partial charge in [0.15, 0.2) is 0 Å². The molecule has 0 amide bonds. The van der Waals surface area contributed by atoms with Gasteiger partial charge in [-0.2, -0.15) is 0 Å². The highest BCUT2D eigenvalue weighted by Gasteiger charge is 2.25. The summed E-state index contributed by atoms with van der Waals surface area (Å²) in [4.78, 5) is 34.1. The van der Waals surface area contributed by atoms with Gasteiger partial charge in [0.1, 0.15) is 33.9 Å². The molecule has 0 spiro atoms. The van der Waals surface area contributed by atoms with E-state index in [4.69, 9.17) is 5.11 Å². The first kappa shape index (κ1) is 31.6. The molecule has 0 saturated heterocycles. The summed E-state index contributed by atoms with van der Waals surface area (Å²) in [5, 5.41) is 62.7. The summed E-state index contributed by atoms with van der Waals surface area (Å²) >= 11 is 0. The Morgan fingerprint density at radius 2 is 0.932 bits per heavy atom. The summed E-state index contributed by atoms with van der Waals surface area (Å²) in [6, 6.07) is 25.0. The van der Waals surface area contributed by atoms with Gasteiger partial charge in [-0.05, 0) is 63.5 Å². The van der Waals surface area contributed by atoms with Gasteiger partial charge in [-0.25, -0.2) is 14.4 Å². The lowest BCUT2D eigenvalue weighted by Crippen LogP contribution is -2.02. The monoisotopic (exact) mass is 704 g/mol. The second-order valence-electron chi connectivity index (χ2n) is 9.87. The van der Waals surface area contributed by atoms with Crippen molar-refractivity contribution in [3.63, 3.8) is 0 Å². The molecule has 6 rings (SSSR count). The van der Waals surface area contributed by atoms with E-state index in [1.54, 1.807) is 48.5 Å². The van der Waals surface area contributed by atoms with Crippen LogP contribution in [0.3, 0.4) is 0 Å². The Bertz CT molecular complexity index is 2120. The molecular formula is C34H25IO9. The number of carbonyl (C=O) groups is 3. The molecular weight excluding hydrogens is 679 g/mol. The summed E-state index contributed by atoms with van der Waals surface area (Å²) in [6.07, 6.45) is 0. The Balaban J connectivity index is 0.000000248. The maximum Gasteiger partial charge on any atom is 0.339 e. The van der Waals surface area contributed by atoms with E-state index in [-0.39, 0.29) is 57.5 Å². The van der Waals surface area contributed by atoms with Crippen LogP contribution in [0.2, 0.25) is 0 Å². The standard InChI is InChI=1S/C23H16O6.C11H8O3.HI/c1-11-6-7-15-13(8-11)10-17(23(28)29)21(25)19(15)18-14-5-3-2-4-12(14)9-16(20(18)24)22(26)27;12-10-6-8-4-2-1-3-7(8)5-9(10)11(13)14;/h2-10,24-25H,1H3,(H,26,27)(H,28,29);1-6,12H,(H,13,14);1H. The van der Waals surface area contributed by atoms with Crippen molar-refractivity contribution in [3.05, 3.63) is 113 Å². The average molecular weight is 704 g/mol. The zero-order valence-electron chi connectivity index (χ0n) is 23.0. The van der Waals surface area contributed by atoms with E-state index in [0.29, 0.717) is 21.5 Å². The van der Waals surface area contributed by atoms with Gasteiger partial charge in [-0.1, -0.05) is 72.3 Å². The Hall–Kier alpha value is -5.36. The van der Waals surface area contributed by atoms with E-state index in [1.807, 2.05) is 25.1 Å². The minimum absolute atomic E-state index is 0. The number of rotatable bonds is 4. The number of halogens is 1. The molecule has 0 aromatic heterocycles. The minimum atomic E-state index is -1.33. The van der Waals surface area contributed by atoms with Gasteiger partial charge in [0.2, 0.25) is 0 Å². The van der Waals surface area contributed by atoms with E-state index in [2.05, 4.69) is 0 Å². The molecule has 44 heavy (non-hydrogen) atoms. The molecule has 6 N–H and O–H groups in total. The van der Waals surface area contributed by atoms with Crippen LogP contribution in [-0.2, 0) is 0 Å². The van der Waals surface area contributed by atoms with Crippen molar-refractivity contribution in [1.29, 1.82) is 0 Å². The number of hydrogen-bond donors (Lipinski definition) is 6. The van der Waals surface area contributed by atoms with Crippen LogP contribution in [-0.4, -0.2) is 48.5 Å². The van der Waals surface area contributed by atoms with E-state index in [9.17, 15) is 39.9 Å². The van der Waals surface area contributed by atoms with Crippen LogP contribution in [0.5, 0.6) is 17.2 Å². The number of carboxylic acid groups (broad SMARTS) is 3. The predicted molar refractivity (Wildman–Crippen MR) is 177 cm³/mol.